The molecule has 1 saturated carbocycles. The third-order valence-electron chi connectivity index (χ3n) is 8.80. The molecule has 0 radical (unpaired) electrons. The van der Waals surface area contributed by atoms with Crippen LogP contribution >= 0.6 is 23.2 Å². The van der Waals surface area contributed by atoms with Gasteiger partial charge in [-0.25, -0.2) is 4.79 Å². The van der Waals surface area contributed by atoms with E-state index in [2.05, 4.69) is 16.0 Å². The zero-order chi connectivity index (χ0) is 31.0. The largest absolute Gasteiger partial charge is 0.440 e. The van der Waals surface area contributed by atoms with Crippen LogP contribution in [0.3, 0.4) is 0 Å². The number of aliphatic hydroxyl groups is 1. The van der Waals surface area contributed by atoms with E-state index in [1.54, 1.807) is 24.3 Å². The summed E-state index contributed by atoms with van der Waals surface area (Å²) in [6, 6.07) is 13.1. The molecular weight excluding hydrogens is 589 g/mol. The SMILES string of the molecule is CC(C)(c1cccc(Cl)c1)C(OC(=O)N[C@@H](CC1CCCCC1)C(=O)N[C@H](CO)C[C@@H]1CCNC1=O)c1cccc(Cl)c1. The van der Waals surface area contributed by atoms with Gasteiger partial charge in [0.2, 0.25) is 11.8 Å². The number of hydrogen-bond donors (Lipinski definition) is 4. The lowest BCUT2D eigenvalue weighted by molar-refractivity contribution is -0.126. The highest BCUT2D eigenvalue weighted by Crippen LogP contribution is 2.41. The van der Waals surface area contributed by atoms with Crippen LogP contribution in [0.1, 0.15) is 82.4 Å². The maximum atomic E-state index is 13.6. The molecule has 4 rings (SSSR count). The minimum absolute atomic E-state index is 0.0671. The van der Waals surface area contributed by atoms with Crippen LogP contribution in [0.2, 0.25) is 10.0 Å². The second-order valence-corrected chi connectivity index (χ2v) is 13.3. The lowest BCUT2D eigenvalue weighted by Crippen LogP contribution is -2.52. The van der Waals surface area contributed by atoms with Crippen molar-refractivity contribution in [2.45, 2.75) is 88.8 Å². The van der Waals surface area contributed by atoms with Crippen molar-refractivity contribution in [1.29, 1.82) is 0 Å². The number of nitrogens with one attached hydrogen (secondary N) is 3. The van der Waals surface area contributed by atoms with E-state index in [9.17, 15) is 19.5 Å². The van der Waals surface area contributed by atoms with E-state index in [1.807, 2.05) is 38.1 Å². The average molecular weight is 633 g/mol. The Labute approximate surface area is 264 Å². The number of amides is 3. The third kappa shape index (κ3) is 9.10. The van der Waals surface area contributed by atoms with E-state index in [0.29, 0.717) is 41.4 Å². The summed E-state index contributed by atoms with van der Waals surface area (Å²) in [5.74, 6) is -0.445. The molecule has 2 fully saturated rings. The number of aliphatic hydroxyl groups excluding tert-OH is 1. The lowest BCUT2D eigenvalue weighted by Gasteiger charge is -2.35. The highest BCUT2D eigenvalue weighted by molar-refractivity contribution is 6.30. The summed E-state index contributed by atoms with van der Waals surface area (Å²) in [5.41, 5.74) is 0.866. The van der Waals surface area contributed by atoms with E-state index in [4.69, 9.17) is 27.9 Å². The molecule has 234 valence electrons. The number of carbonyl (C=O) groups is 3. The molecule has 1 heterocycles. The Hall–Kier alpha value is -2.81. The van der Waals surface area contributed by atoms with Crippen molar-refractivity contribution in [3.8, 4) is 0 Å². The number of rotatable bonds is 12. The van der Waals surface area contributed by atoms with Gasteiger partial charge in [0.05, 0.1) is 12.6 Å². The highest BCUT2D eigenvalue weighted by Gasteiger charge is 2.38. The second kappa shape index (κ2) is 15.3. The van der Waals surface area contributed by atoms with Crippen molar-refractivity contribution in [1.82, 2.24) is 16.0 Å². The Morgan fingerprint density at radius 1 is 1.00 bits per heavy atom. The maximum absolute atomic E-state index is 13.6. The highest BCUT2D eigenvalue weighted by atomic mass is 35.5. The van der Waals surface area contributed by atoms with Gasteiger partial charge in [-0.3, -0.25) is 9.59 Å². The number of ether oxygens (including phenoxy) is 1. The van der Waals surface area contributed by atoms with Crippen LogP contribution < -0.4 is 16.0 Å². The molecule has 1 aliphatic carbocycles. The molecule has 4 N–H and O–H groups in total. The summed E-state index contributed by atoms with van der Waals surface area (Å²) in [6.45, 7) is 4.22. The molecule has 3 amide bonds. The summed E-state index contributed by atoms with van der Waals surface area (Å²) < 4.78 is 6.14. The number of hydrogen-bond acceptors (Lipinski definition) is 5. The quantitative estimate of drug-likeness (QED) is 0.226. The number of halogens is 2. The Morgan fingerprint density at radius 2 is 1.70 bits per heavy atom. The minimum Gasteiger partial charge on any atom is -0.440 e. The van der Waals surface area contributed by atoms with Gasteiger partial charge in [-0.1, -0.05) is 93.4 Å². The smallest absolute Gasteiger partial charge is 0.408 e. The maximum Gasteiger partial charge on any atom is 0.408 e. The third-order valence-corrected chi connectivity index (χ3v) is 9.27. The van der Waals surface area contributed by atoms with Crippen molar-refractivity contribution < 1.29 is 24.2 Å². The Balaban J connectivity index is 1.54. The number of carbonyl (C=O) groups excluding carboxylic acids is 3. The molecule has 0 aromatic heterocycles. The molecule has 2 aliphatic rings. The van der Waals surface area contributed by atoms with Crippen LogP contribution in [0.4, 0.5) is 4.79 Å². The zero-order valence-corrected chi connectivity index (χ0v) is 26.4. The van der Waals surface area contributed by atoms with E-state index in [-0.39, 0.29) is 24.3 Å². The molecule has 1 aliphatic heterocycles. The average Bonchev–Trinajstić information content (AvgIpc) is 3.39. The number of benzene rings is 2. The van der Waals surface area contributed by atoms with Crippen LogP contribution in [0.5, 0.6) is 0 Å². The van der Waals surface area contributed by atoms with Gasteiger partial charge >= 0.3 is 6.09 Å². The van der Waals surface area contributed by atoms with Gasteiger partial charge in [0, 0.05) is 27.9 Å². The Bertz CT molecular complexity index is 1270. The Morgan fingerprint density at radius 3 is 2.33 bits per heavy atom. The summed E-state index contributed by atoms with van der Waals surface area (Å²) in [6.07, 6.45) is 5.28. The summed E-state index contributed by atoms with van der Waals surface area (Å²) in [7, 11) is 0. The molecule has 10 heteroatoms. The molecule has 8 nitrogen and oxygen atoms in total. The molecule has 1 unspecified atom stereocenters. The normalized spacial score (nSPS) is 19.7. The molecule has 4 atom stereocenters. The van der Waals surface area contributed by atoms with E-state index in [0.717, 1.165) is 31.2 Å². The zero-order valence-electron chi connectivity index (χ0n) is 24.9. The molecule has 1 saturated heterocycles. The van der Waals surface area contributed by atoms with Crippen molar-refractivity contribution in [2.24, 2.45) is 11.8 Å². The van der Waals surface area contributed by atoms with Gasteiger partial charge in [-0.2, -0.15) is 0 Å². The number of alkyl carbamates (subject to hydrolysis) is 1. The molecular formula is C33H43Cl2N3O5. The van der Waals surface area contributed by atoms with Crippen LogP contribution in [0, 0.1) is 11.8 Å². The van der Waals surface area contributed by atoms with E-state index < -0.39 is 35.6 Å². The summed E-state index contributed by atoms with van der Waals surface area (Å²) in [4.78, 5) is 39.3. The van der Waals surface area contributed by atoms with E-state index in [1.165, 1.54) is 6.42 Å². The standard InChI is InChI=1S/C33H43Cl2N3O5/c1-33(2,24-11-7-13-26(35)19-24)29(22-10-6-12-25(34)17-22)43-32(42)38-28(16-21-8-4-3-5-9-21)31(41)37-27(20-39)18-23-14-15-36-30(23)40/h6-7,10-13,17,19,21,23,27-29,39H,3-5,8-9,14-16,18,20H2,1-2H3,(H,36,40)(H,37,41)(H,38,42)/t23-,27-,28-,29?/m0/s1. The molecule has 0 spiro atoms. The molecule has 2 aromatic rings. The topological polar surface area (TPSA) is 117 Å². The first-order chi connectivity index (χ1) is 20.6. The van der Waals surface area contributed by atoms with Gasteiger partial charge < -0.3 is 25.8 Å². The van der Waals surface area contributed by atoms with Crippen LogP contribution in [0.15, 0.2) is 48.5 Å². The van der Waals surface area contributed by atoms with Crippen molar-refractivity contribution in [3.63, 3.8) is 0 Å². The van der Waals surface area contributed by atoms with Gasteiger partial charge in [0.1, 0.15) is 12.1 Å². The van der Waals surface area contributed by atoms with Crippen LogP contribution in [-0.4, -0.2) is 48.2 Å². The molecule has 2 aromatic carbocycles. The molecule has 43 heavy (non-hydrogen) atoms. The Kier molecular flexibility index (Phi) is 11.7. The minimum atomic E-state index is -0.864. The lowest BCUT2D eigenvalue weighted by atomic mass is 9.76. The van der Waals surface area contributed by atoms with E-state index >= 15 is 0 Å². The van der Waals surface area contributed by atoms with Crippen LogP contribution in [-0.2, 0) is 19.7 Å². The van der Waals surface area contributed by atoms with Crippen molar-refractivity contribution in [3.05, 3.63) is 69.7 Å². The summed E-state index contributed by atoms with van der Waals surface area (Å²) in [5, 5.41) is 19.6. The monoisotopic (exact) mass is 631 g/mol. The fourth-order valence-corrected chi connectivity index (χ4v) is 6.70. The fraction of sp³-hybridized carbons (Fsp3) is 0.545. The van der Waals surface area contributed by atoms with Crippen molar-refractivity contribution >= 4 is 41.1 Å². The first-order valence-electron chi connectivity index (χ1n) is 15.2. The van der Waals surface area contributed by atoms with Gasteiger partial charge in [-0.05, 0) is 60.6 Å². The first kappa shape index (κ1) is 33.1. The second-order valence-electron chi connectivity index (χ2n) is 12.4. The summed E-state index contributed by atoms with van der Waals surface area (Å²) >= 11 is 12.7. The van der Waals surface area contributed by atoms with Gasteiger partial charge in [-0.15, -0.1) is 0 Å². The van der Waals surface area contributed by atoms with Gasteiger partial charge in [0.15, 0.2) is 0 Å². The van der Waals surface area contributed by atoms with Crippen molar-refractivity contribution in [2.75, 3.05) is 13.2 Å². The first-order valence-corrected chi connectivity index (χ1v) is 16.0. The predicted octanol–water partition coefficient (Wildman–Crippen LogP) is 6.08. The predicted molar refractivity (Wildman–Crippen MR) is 168 cm³/mol. The van der Waals surface area contributed by atoms with Gasteiger partial charge in [0.25, 0.3) is 0 Å². The molecule has 0 bridgehead atoms. The van der Waals surface area contributed by atoms with Crippen LogP contribution in [0.25, 0.3) is 0 Å². The fourth-order valence-electron chi connectivity index (χ4n) is 6.31.